The van der Waals surface area contributed by atoms with Crippen LogP contribution < -0.4 is 63.3 Å². The molecule has 3 nitrogen and oxygen atoms in total. The van der Waals surface area contributed by atoms with Crippen LogP contribution in [-0.2, 0) is 4.79 Å². The van der Waals surface area contributed by atoms with Crippen LogP contribution in [0.25, 0.3) is 0 Å². The van der Waals surface area contributed by atoms with Gasteiger partial charge < -0.3 is 9.90 Å². The minimum absolute atomic E-state index is 0. The summed E-state index contributed by atoms with van der Waals surface area (Å²) in [5, 5.41) is 10.3. The molecule has 0 bridgehead atoms. The van der Waals surface area contributed by atoms with Crippen molar-refractivity contribution >= 4 is 11.8 Å². The molecule has 0 fully saturated rings. The first-order valence-corrected chi connectivity index (χ1v) is 4.10. The molecule has 0 N–H and O–H groups in total. The van der Waals surface area contributed by atoms with Gasteiger partial charge in [-0.1, -0.05) is 30.3 Å². The van der Waals surface area contributed by atoms with Gasteiger partial charge in [0.15, 0.2) is 5.78 Å². The van der Waals surface area contributed by atoms with Gasteiger partial charge in [0.2, 0.25) is 0 Å². The van der Waals surface area contributed by atoms with Crippen molar-refractivity contribution in [1.29, 1.82) is 0 Å². The topological polar surface area (TPSA) is 57.2 Å². The Balaban J connectivity index is 0.00000196. The normalized spacial score (nSPS) is 10.3. The molecular weight excluding hydrogens is 266 g/mol. The van der Waals surface area contributed by atoms with Crippen molar-refractivity contribution in [3.8, 4) is 0 Å². The summed E-state index contributed by atoms with van der Waals surface area (Å²) in [5.41, 5.74) is 0.395. The van der Waals surface area contributed by atoms with Crippen molar-refractivity contribution in [2.45, 2.75) is 6.92 Å². The molecule has 0 saturated carbocycles. The van der Waals surface area contributed by atoms with Gasteiger partial charge in [-0.3, -0.25) is 4.79 Å². The molecular formula is C11H9O3Rb. The van der Waals surface area contributed by atoms with Crippen molar-refractivity contribution in [1.82, 2.24) is 0 Å². The predicted octanol–water partition coefficient (Wildman–Crippen LogP) is -2.43. The van der Waals surface area contributed by atoms with Gasteiger partial charge in [-0.2, -0.15) is 0 Å². The van der Waals surface area contributed by atoms with Crippen LogP contribution in [0.2, 0.25) is 0 Å². The zero-order valence-corrected chi connectivity index (χ0v) is 13.6. The molecule has 1 rings (SSSR count). The Morgan fingerprint density at radius 1 is 1.20 bits per heavy atom. The van der Waals surface area contributed by atoms with Gasteiger partial charge in [0, 0.05) is 5.56 Å². The standard InChI is InChI=1S/C11H10O3.Rb/c1-8(11(13)14)7-10(12)9-5-3-2-4-6-9;/h2-7H,1H3,(H,13,14);/q;+1/p-1/b8-7+;. The number of benzene rings is 1. The molecule has 0 aliphatic carbocycles. The summed E-state index contributed by atoms with van der Waals surface area (Å²) in [5.74, 6) is -1.65. The molecule has 0 aliphatic rings. The number of carbonyl (C=O) groups is 2. The summed E-state index contributed by atoms with van der Waals surface area (Å²) >= 11 is 0. The number of carbonyl (C=O) groups excluding carboxylic acids is 2. The van der Waals surface area contributed by atoms with E-state index in [9.17, 15) is 14.7 Å². The molecule has 0 spiro atoms. The summed E-state index contributed by atoms with van der Waals surface area (Å²) in [6.07, 6.45) is 1.06. The Kier molecular flexibility index (Phi) is 7.18. The Morgan fingerprint density at radius 2 is 1.73 bits per heavy atom. The van der Waals surface area contributed by atoms with E-state index in [0.717, 1.165) is 6.08 Å². The molecule has 0 heterocycles. The first-order chi connectivity index (χ1) is 6.61. The summed E-state index contributed by atoms with van der Waals surface area (Å²) in [6, 6.07) is 8.47. The second kappa shape index (κ2) is 7.22. The molecule has 15 heavy (non-hydrogen) atoms. The first kappa shape index (κ1) is 14.9. The molecule has 72 valence electrons. The minimum Gasteiger partial charge on any atom is -0.545 e. The quantitative estimate of drug-likeness (QED) is 0.455. The minimum atomic E-state index is -1.32. The second-order valence-corrected chi connectivity index (χ2v) is 2.85. The molecule has 4 heteroatoms. The maximum Gasteiger partial charge on any atom is 1.00 e. The van der Waals surface area contributed by atoms with Crippen LogP contribution in [0.4, 0.5) is 0 Å². The van der Waals surface area contributed by atoms with E-state index in [0.29, 0.717) is 5.56 Å². The number of ketones is 1. The molecule has 0 radical (unpaired) electrons. The van der Waals surface area contributed by atoms with Gasteiger partial charge in [0.25, 0.3) is 0 Å². The molecule has 0 atom stereocenters. The molecule has 0 saturated heterocycles. The fourth-order valence-electron chi connectivity index (χ4n) is 0.941. The average molecular weight is 275 g/mol. The zero-order valence-electron chi connectivity index (χ0n) is 8.69. The van der Waals surface area contributed by atoms with E-state index in [1.54, 1.807) is 30.3 Å². The Morgan fingerprint density at radius 3 is 2.20 bits per heavy atom. The number of carboxylic acids is 1. The van der Waals surface area contributed by atoms with E-state index < -0.39 is 5.97 Å². The first-order valence-electron chi connectivity index (χ1n) is 4.10. The van der Waals surface area contributed by atoms with Crippen molar-refractivity contribution in [2.75, 3.05) is 0 Å². The number of hydrogen-bond acceptors (Lipinski definition) is 3. The Hall–Kier alpha value is -0.0948. The van der Waals surface area contributed by atoms with E-state index in [4.69, 9.17) is 0 Å². The summed E-state index contributed by atoms with van der Waals surface area (Å²) in [4.78, 5) is 21.7. The maximum absolute atomic E-state index is 11.4. The molecule has 0 aliphatic heterocycles. The van der Waals surface area contributed by atoms with Gasteiger partial charge >= 0.3 is 58.2 Å². The van der Waals surface area contributed by atoms with E-state index in [1.165, 1.54) is 6.92 Å². The van der Waals surface area contributed by atoms with Gasteiger partial charge in [-0.25, -0.2) is 0 Å². The fraction of sp³-hybridized carbons (Fsp3) is 0.0909. The average Bonchev–Trinajstić information content (AvgIpc) is 2.19. The van der Waals surface area contributed by atoms with Crippen molar-refractivity contribution < 1.29 is 72.9 Å². The van der Waals surface area contributed by atoms with Crippen LogP contribution in [-0.4, -0.2) is 11.8 Å². The van der Waals surface area contributed by atoms with Crippen LogP contribution in [0.15, 0.2) is 42.0 Å². The third-order valence-electron chi connectivity index (χ3n) is 1.73. The van der Waals surface area contributed by atoms with E-state index >= 15 is 0 Å². The van der Waals surface area contributed by atoms with E-state index in [2.05, 4.69) is 0 Å². The van der Waals surface area contributed by atoms with Crippen LogP contribution in [0.3, 0.4) is 0 Å². The van der Waals surface area contributed by atoms with Gasteiger partial charge in [-0.05, 0) is 18.6 Å². The number of rotatable bonds is 3. The number of hydrogen-bond donors (Lipinski definition) is 0. The fourth-order valence-corrected chi connectivity index (χ4v) is 0.941. The molecule has 0 aromatic heterocycles. The maximum atomic E-state index is 11.4. The van der Waals surface area contributed by atoms with Gasteiger partial charge in [0.1, 0.15) is 0 Å². The van der Waals surface area contributed by atoms with Crippen molar-refractivity contribution in [2.24, 2.45) is 0 Å². The smallest absolute Gasteiger partial charge is 0.545 e. The molecule has 1 aromatic rings. The number of aliphatic carboxylic acids is 1. The molecule has 1 aromatic carbocycles. The third-order valence-corrected chi connectivity index (χ3v) is 1.73. The monoisotopic (exact) mass is 274 g/mol. The number of allylic oxidation sites excluding steroid dienone is 1. The largest absolute Gasteiger partial charge is 1.00 e. The van der Waals surface area contributed by atoms with Crippen molar-refractivity contribution in [3.63, 3.8) is 0 Å². The summed E-state index contributed by atoms with van der Waals surface area (Å²) in [6.45, 7) is 1.33. The Bertz CT molecular complexity index is 382. The van der Waals surface area contributed by atoms with Gasteiger partial charge in [-0.15, -0.1) is 0 Å². The van der Waals surface area contributed by atoms with Crippen molar-refractivity contribution in [3.05, 3.63) is 47.5 Å². The zero-order chi connectivity index (χ0) is 10.6. The molecule has 0 unspecified atom stereocenters. The number of carboxylic acid groups (broad SMARTS) is 1. The molecule has 0 amide bonds. The summed E-state index contributed by atoms with van der Waals surface area (Å²) < 4.78 is 0. The van der Waals surface area contributed by atoms with Crippen LogP contribution in [0.1, 0.15) is 17.3 Å². The Labute approximate surface area is 137 Å². The van der Waals surface area contributed by atoms with Crippen LogP contribution in [0.5, 0.6) is 0 Å². The van der Waals surface area contributed by atoms with E-state index in [-0.39, 0.29) is 69.5 Å². The van der Waals surface area contributed by atoms with E-state index in [1.807, 2.05) is 0 Å². The SMILES string of the molecule is C/C(=C\C(=O)c1ccccc1)C(=O)[O-].[Rb+]. The van der Waals surface area contributed by atoms with Crippen LogP contribution in [0, 0.1) is 0 Å². The van der Waals surface area contributed by atoms with Gasteiger partial charge in [0.05, 0.1) is 5.97 Å². The third kappa shape index (κ3) is 4.97. The predicted molar refractivity (Wildman–Crippen MR) is 49.5 cm³/mol. The summed E-state index contributed by atoms with van der Waals surface area (Å²) in [7, 11) is 0. The van der Waals surface area contributed by atoms with Crippen LogP contribution >= 0.6 is 0 Å². The second-order valence-electron chi connectivity index (χ2n) is 2.85.